The highest BCUT2D eigenvalue weighted by Crippen LogP contribution is 2.29. The summed E-state index contributed by atoms with van der Waals surface area (Å²) < 4.78 is 4.69. The Morgan fingerprint density at radius 2 is 1.92 bits per heavy atom. The summed E-state index contributed by atoms with van der Waals surface area (Å²) in [6.07, 6.45) is 1.14. The number of nitrogens with zero attached hydrogens (tertiary/aromatic N) is 2. The molecule has 0 spiro atoms. The van der Waals surface area contributed by atoms with Crippen molar-refractivity contribution >= 4 is 28.6 Å². The number of carbonyl (C=O) groups excluding carboxylic acids is 1. The van der Waals surface area contributed by atoms with E-state index in [2.05, 4.69) is 44.0 Å². The van der Waals surface area contributed by atoms with E-state index in [-0.39, 0.29) is 11.7 Å². The van der Waals surface area contributed by atoms with Crippen molar-refractivity contribution in [1.29, 1.82) is 0 Å². The van der Waals surface area contributed by atoms with Crippen molar-refractivity contribution in [3.63, 3.8) is 0 Å². The molecule has 25 heavy (non-hydrogen) atoms. The normalized spacial score (nSPS) is 15.0. The minimum absolute atomic E-state index is 0.219. The van der Waals surface area contributed by atoms with Gasteiger partial charge in [-0.05, 0) is 36.8 Å². The van der Waals surface area contributed by atoms with Crippen molar-refractivity contribution < 1.29 is 9.53 Å². The predicted molar refractivity (Wildman–Crippen MR) is 109 cm³/mol. The van der Waals surface area contributed by atoms with Crippen LogP contribution in [0, 0.1) is 5.92 Å². The fourth-order valence-corrected chi connectivity index (χ4v) is 3.30. The lowest BCUT2D eigenvalue weighted by Crippen LogP contribution is -2.12. The minimum atomic E-state index is -0.271. The maximum absolute atomic E-state index is 11.4. The van der Waals surface area contributed by atoms with E-state index in [1.54, 1.807) is 0 Å². The van der Waals surface area contributed by atoms with Gasteiger partial charge in [0.2, 0.25) is 0 Å². The number of esters is 1. The van der Waals surface area contributed by atoms with Crippen LogP contribution in [0.1, 0.15) is 58.1 Å². The van der Waals surface area contributed by atoms with Crippen LogP contribution in [0.15, 0.2) is 34.3 Å². The van der Waals surface area contributed by atoms with E-state index in [0.29, 0.717) is 23.5 Å². The first-order chi connectivity index (χ1) is 11.9. The molecular formula is C20H30N2O2S. The molecule has 0 fully saturated rings. The molecule has 0 saturated carbocycles. The maximum Gasteiger partial charge on any atom is 0.316 e. The molecule has 0 heterocycles. The van der Waals surface area contributed by atoms with Gasteiger partial charge in [0.25, 0.3) is 0 Å². The van der Waals surface area contributed by atoms with Crippen LogP contribution in [-0.2, 0) is 9.53 Å². The maximum atomic E-state index is 11.4. The van der Waals surface area contributed by atoms with Crippen LogP contribution < -0.4 is 0 Å². The van der Waals surface area contributed by atoms with Crippen molar-refractivity contribution in [2.45, 2.75) is 47.0 Å². The Bertz CT molecular complexity index is 626. The third-order valence-corrected chi connectivity index (χ3v) is 5.30. The van der Waals surface area contributed by atoms with Gasteiger partial charge in [-0.25, -0.2) is 4.99 Å². The summed E-state index contributed by atoms with van der Waals surface area (Å²) in [5.41, 5.74) is 3.39. The van der Waals surface area contributed by atoms with Crippen LogP contribution in [0.5, 0.6) is 0 Å². The summed E-state index contributed by atoms with van der Waals surface area (Å²) in [7, 11) is 1.39. The van der Waals surface area contributed by atoms with Gasteiger partial charge < -0.3 is 4.74 Å². The van der Waals surface area contributed by atoms with Crippen molar-refractivity contribution in [3.05, 3.63) is 35.4 Å². The molecule has 1 aromatic rings. The highest BCUT2D eigenvalue weighted by Gasteiger charge is 2.17. The van der Waals surface area contributed by atoms with E-state index < -0.39 is 0 Å². The monoisotopic (exact) mass is 362 g/mol. The van der Waals surface area contributed by atoms with E-state index in [9.17, 15) is 4.79 Å². The Kier molecular flexibility index (Phi) is 9.50. The molecule has 0 aliphatic rings. The van der Waals surface area contributed by atoms with Crippen LogP contribution >= 0.6 is 11.8 Å². The average molecular weight is 363 g/mol. The third-order valence-electron chi connectivity index (χ3n) is 4.44. The SMILES string of the molecule is CCN=C(N=C(C)c1ccccc1C(C)C(C)CC)SCC(=O)OC. The van der Waals surface area contributed by atoms with Crippen LogP contribution in [0.3, 0.4) is 0 Å². The predicted octanol–water partition coefficient (Wildman–Crippen LogP) is 4.93. The number of ether oxygens (including phenoxy) is 1. The molecule has 2 atom stereocenters. The Labute approximate surface area is 156 Å². The molecular weight excluding hydrogens is 332 g/mol. The molecule has 5 heteroatoms. The highest BCUT2D eigenvalue weighted by atomic mass is 32.2. The van der Waals surface area contributed by atoms with Gasteiger partial charge in [0, 0.05) is 12.3 Å². The first-order valence-electron chi connectivity index (χ1n) is 8.83. The number of hydrogen-bond donors (Lipinski definition) is 0. The lowest BCUT2D eigenvalue weighted by atomic mass is 9.84. The van der Waals surface area contributed by atoms with Gasteiger partial charge in [-0.1, -0.05) is 63.2 Å². The number of amidine groups is 1. The molecule has 0 aliphatic heterocycles. The number of thioether (sulfide) groups is 1. The van der Waals surface area contributed by atoms with Crippen LogP contribution in [0.25, 0.3) is 0 Å². The second kappa shape index (κ2) is 11.1. The summed E-state index contributed by atoms with van der Waals surface area (Å²) >= 11 is 1.31. The smallest absolute Gasteiger partial charge is 0.316 e. The van der Waals surface area contributed by atoms with Gasteiger partial charge in [0.1, 0.15) is 0 Å². The summed E-state index contributed by atoms with van der Waals surface area (Å²) in [5.74, 6) is 1.01. The Morgan fingerprint density at radius 1 is 1.24 bits per heavy atom. The standard InChI is InChI=1S/C20H30N2O2S/c1-7-14(3)15(4)17-11-9-10-12-18(17)16(5)22-20(21-8-2)25-13-19(23)24-6/h9-12,14-15H,7-8,13H2,1-6H3. The fourth-order valence-electron chi connectivity index (χ4n) is 2.52. The van der Waals surface area contributed by atoms with Crippen molar-refractivity contribution in [1.82, 2.24) is 0 Å². The van der Waals surface area contributed by atoms with Gasteiger partial charge >= 0.3 is 5.97 Å². The zero-order valence-electron chi connectivity index (χ0n) is 16.2. The number of carbonyl (C=O) groups is 1. The lowest BCUT2D eigenvalue weighted by molar-refractivity contribution is -0.137. The molecule has 1 rings (SSSR count). The molecule has 0 saturated heterocycles. The van der Waals surface area contributed by atoms with Gasteiger partial charge in [-0.15, -0.1) is 0 Å². The number of hydrogen-bond acceptors (Lipinski definition) is 4. The van der Waals surface area contributed by atoms with Crippen LogP contribution in [0.4, 0.5) is 0 Å². The van der Waals surface area contributed by atoms with E-state index in [1.165, 1.54) is 24.4 Å². The fraction of sp³-hybridized carbons (Fsp3) is 0.550. The minimum Gasteiger partial charge on any atom is -0.468 e. The van der Waals surface area contributed by atoms with Crippen LogP contribution in [-0.4, -0.2) is 36.3 Å². The summed E-state index contributed by atoms with van der Waals surface area (Å²) in [6.45, 7) is 11.4. The van der Waals surface area contributed by atoms with E-state index in [0.717, 1.165) is 17.7 Å². The Balaban J connectivity index is 3.11. The molecule has 0 radical (unpaired) electrons. The Hall–Kier alpha value is -1.62. The molecule has 1 aromatic carbocycles. The third kappa shape index (κ3) is 6.65. The average Bonchev–Trinajstić information content (AvgIpc) is 2.64. The van der Waals surface area contributed by atoms with Crippen LogP contribution in [0.2, 0.25) is 0 Å². The van der Waals surface area contributed by atoms with E-state index in [4.69, 9.17) is 9.73 Å². The Morgan fingerprint density at radius 3 is 2.52 bits per heavy atom. The van der Waals surface area contributed by atoms with Gasteiger partial charge in [-0.3, -0.25) is 9.79 Å². The quantitative estimate of drug-likeness (QED) is 0.393. The first kappa shape index (κ1) is 21.4. The number of aliphatic imine (C=N–C) groups is 2. The number of benzene rings is 1. The number of rotatable bonds is 7. The van der Waals surface area contributed by atoms with E-state index in [1.807, 2.05) is 19.9 Å². The van der Waals surface area contributed by atoms with Crippen molar-refractivity contribution in [2.24, 2.45) is 15.9 Å². The molecule has 2 unspecified atom stereocenters. The number of methoxy groups -OCH3 is 1. The molecule has 0 bridgehead atoms. The molecule has 0 amide bonds. The second-order valence-electron chi connectivity index (χ2n) is 6.08. The summed E-state index contributed by atoms with van der Waals surface area (Å²) in [6, 6.07) is 8.42. The topological polar surface area (TPSA) is 51.0 Å². The van der Waals surface area contributed by atoms with Crippen molar-refractivity contribution in [3.8, 4) is 0 Å². The molecule has 0 aromatic heterocycles. The first-order valence-corrected chi connectivity index (χ1v) is 9.81. The highest BCUT2D eigenvalue weighted by molar-refractivity contribution is 8.14. The second-order valence-corrected chi connectivity index (χ2v) is 7.02. The van der Waals surface area contributed by atoms with Gasteiger partial charge in [-0.2, -0.15) is 0 Å². The zero-order chi connectivity index (χ0) is 18.8. The van der Waals surface area contributed by atoms with E-state index >= 15 is 0 Å². The largest absolute Gasteiger partial charge is 0.468 e. The lowest BCUT2D eigenvalue weighted by Gasteiger charge is -2.21. The molecule has 138 valence electrons. The molecule has 4 nitrogen and oxygen atoms in total. The summed E-state index contributed by atoms with van der Waals surface area (Å²) in [4.78, 5) is 20.5. The molecule has 0 aliphatic carbocycles. The van der Waals surface area contributed by atoms with Crippen molar-refractivity contribution in [2.75, 3.05) is 19.4 Å². The summed E-state index contributed by atoms with van der Waals surface area (Å²) in [5, 5.41) is 0.622. The van der Waals surface area contributed by atoms with Gasteiger partial charge in [0.15, 0.2) is 5.17 Å². The molecule has 0 N–H and O–H groups in total. The zero-order valence-corrected chi connectivity index (χ0v) is 17.0. The van der Waals surface area contributed by atoms with Gasteiger partial charge in [0.05, 0.1) is 12.9 Å².